The lowest BCUT2D eigenvalue weighted by atomic mass is 9.73. The van der Waals surface area contributed by atoms with Crippen LogP contribution in [0.15, 0.2) is 24.3 Å². The maximum atomic E-state index is 13.8. The Morgan fingerprint density at radius 3 is 1.13 bits per heavy atom. The summed E-state index contributed by atoms with van der Waals surface area (Å²) in [4.78, 5) is 35.4. The van der Waals surface area contributed by atoms with Gasteiger partial charge in [0.15, 0.2) is 0 Å². The number of hydrogen-bond donors (Lipinski definition) is 5. The molecule has 2 rings (SSSR count). The summed E-state index contributed by atoms with van der Waals surface area (Å²) >= 11 is 0. The van der Waals surface area contributed by atoms with Crippen molar-refractivity contribution in [1.29, 1.82) is 0 Å². The number of carbonyl (C=O) groups excluding carboxylic acids is 1. The molecule has 2 aromatic carbocycles. The monoisotopic (exact) mass is 650 g/mol. The van der Waals surface area contributed by atoms with Crippen LogP contribution in [-0.4, -0.2) is 30.9 Å². The molecule has 5 N–H and O–H groups in total. The SMILES string of the molecule is CCC(CC)(Cc1cc(C(C)(C)C)c(O)c(C(C)(C)C)c1)C(=O)OCc1cc(C(C)(C)C)c(O)c(C(C)(C)C)c1.O=P(O)(O)O. The molecule has 0 heterocycles. The van der Waals surface area contributed by atoms with Gasteiger partial charge < -0.3 is 29.6 Å². The van der Waals surface area contributed by atoms with Crippen LogP contribution in [0, 0.1) is 5.41 Å². The number of benzene rings is 2. The lowest BCUT2D eigenvalue weighted by Crippen LogP contribution is -2.34. The van der Waals surface area contributed by atoms with Crippen molar-refractivity contribution in [3.8, 4) is 11.5 Å². The van der Waals surface area contributed by atoms with Crippen molar-refractivity contribution in [3.05, 3.63) is 57.6 Å². The molecule has 0 amide bonds. The minimum Gasteiger partial charge on any atom is -0.507 e. The first-order valence-corrected chi connectivity index (χ1v) is 17.2. The van der Waals surface area contributed by atoms with Gasteiger partial charge in [-0.05, 0) is 86.4 Å². The van der Waals surface area contributed by atoms with Gasteiger partial charge in [0.2, 0.25) is 0 Å². The molecular formula is C36H59O8P. The van der Waals surface area contributed by atoms with Gasteiger partial charge in [-0.2, -0.15) is 0 Å². The first-order chi connectivity index (χ1) is 20.0. The van der Waals surface area contributed by atoms with Gasteiger partial charge in [0.1, 0.15) is 18.1 Å². The Morgan fingerprint density at radius 2 is 0.889 bits per heavy atom. The zero-order valence-corrected chi connectivity index (χ0v) is 30.9. The second-order valence-corrected chi connectivity index (χ2v) is 17.4. The van der Waals surface area contributed by atoms with E-state index in [1.807, 2.05) is 12.1 Å². The van der Waals surface area contributed by atoms with E-state index in [2.05, 4.69) is 109 Å². The number of aromatic hydroxyl groups is 2. The van der Waals surface area contributed by atoms with E-state index in [4.69, 9.17) is 24.0 Å². The van der Waals surface area contributed by atoms with Crippen molar-refractivity contribution >= 4 is 13.8 Å². The number of carbonyl (C=O) groups is 1. The highest BCUT2D eigenvalue weighted by Crippen LogP contribution is 2.43. The Morgan fingerprint density at radius 1 is 0.622 bits per heavy atom. The second kappa shape index (κ2) is 14.2. The molecule has 0 atom stereocenters. The molecule has 0 radical (unpaired) electrons. The summed E-state index contributed by atoms with van der Waals surface area (Å²) in [7, 11) is -4.64. The molecule has 256 valence electrons. The van der Waals surface area contributed by atoms with Gasteiger partial charge >= 0.3 is 13.8 Å². The molecule has 0 saturated heterocycles. The lowest BCUT2D eigenvalue weighted by Gasteiger charge is -2.32. The van der Waals surface area contributed by atoms with Crippen LogP contribution in [0.3, 0.4) is 0 Å². The van der Waals surface area contributed by atoms with E-state index in [0.717, 1.165) is 33.4 Å². The van der Waals surface area contributed by atoms with Crippen molar-refractivity contribution in [2.45, 2.75) is 144 Å². The molecule has 0 spiro atoms. The molecule has 0 fully saturated rings. The van der Waals surface area contributed by atoms with E-state index in [1.165, 1.54) is 0 Å². The van der Waals surface area contributed by atoms with Crippen LogP contribution < -0.4 is 0 Å². The molecule has 0 aliphatic heterocycles. The summed E-state index contributed by atoms with van der Waals surface area (Å²) in [6, 6.07) is 8.09. The molecule has 9 heteroatoms. The average molecular weight is 651 g/mol. The summed E-state index contributed by atoms with van der Waals surface area (Å²) in [5.74, 6) is 0.465. The van der Waals surface area contributed by atoms with Crippen molar-refractivity contribution in [2.75, 3.05) is 0 Å². The molecule has 0 bridgehead atoms. The van der Waals surface area contributed by atoms with Gasteiger partial charge in [-0.25, -0.2) is 4.57 Å². The molecule has 0 unspecified atom stereocenters. The molecule has 0 saturated carbocycles. The van der Waals surface area contributed by atoms with Gasteiger partial charge in [0, 0.05) is 0 Å². The number of hydrogen-bond acceptors (Lipinski definition) is 5. The Kier molecular flexibility index (Phi) is 12.8. The van der Waals surface area contributed by atoms with Crippen LogP contribution in [0.2, 0.25) is 0 Å². The lowest BCUT2D eigenvalue weighted by molar-refractivity contribution is -0.158. The normalized spacial score (nSPS) is 13.3. The van der Waals surface area contributed by atoms with Gasteiger partial charge in [-0.1, -0.05) is 109 Å². The maximum absolute atomic E-state index is 13.8. The van der Waals surface area contributed by atoms with Gasteiger partial charge in [-0.15, -0.1) is 0 Å². The number of rotatable bonds is 7. The summed E-state index contributed by atoms with van der Waals surface area (Å²) in [6.45, 7) is 29.4. The Balaban J connectivity index is 0.00000187. The van der Waals surface area contributed by atoms with Crippen molar-refractivity contribution in [1.82, 2.24) is 0 Å². The summed E-state index contributed by atoms with van der Waals surface area (Å²) in [6.07, 6.45) is 1.84. The highest BCUT2D eigenvalue weighted by molar-refractivity contribution is 7.45. The van der Waals surface area contributed by atoms with E-state index in [0.29, 0.717) is 30.8 Å². The number of phosphoric acid groups is 1. The fraction of sp³-hybridized carbons (Fsp3) is 0.639. The van der Waals surface area contributed by atoms with E-state index in [-0.39, 0.29) is 34.2 Å². The fourth-order valence-electron chi connectivity index (χ4n) is 5.41. The molecule has 8 nitrogen and oxygen atoms in total. The van der Waals surface area contributed by atoms with Crippen molar-refractivity contribution < 1.29 is 39.0 Å². The van der Waals surface area contributed by atoms with Gasteiger partial charge in [0.25, 0.3) is 0 Å². The average Bonchev–Trinajstić information content (AvgIpc) is 2.83. The summed E-state index contributed by atoms with van der Waals surface area (Å²) in [5, 5.41) is 22.3. The highest BCUT2D eigenvalue weighted by atomic mass is 31.2. The molecule has 0 aliphatic carbocycles. The number of ether oxygens (including phenoxy) is 1. The molecule has 2 aromatic rings. The maximum Gasteiger partial charge on any atom is 0.466 e. The standard InChI is InChI=1S/C36H56O4.H3O4P/c1-15-36(16-2,21-23-17-25(32(3,4)5)29(37)26(18-23)33(6,7)8)31(39)40-22-24-19-27(34(9,10)11)30(38)28(20-24)35(12,13)14;1-5(2,3)4/h17-20,37-38H,15-16,21-22H2,1-14H3;(H3,1,2,3,4). The van der Waals surface area contributed by atoms with E-state index < -0.39 is 13.2 Å². The molecule has 0 aromatic heterocycles. The van der Waals surface area contributed by atoms with Gasteiger partial charge in [-0.3, -0.25) is 4.79 Å². The first-order valence-electron chi connectivity index (χ1n) is 15.7. The second-order valence-electron chi connectivity index (χ2n) is 16.3. The molecule has 45 heavy (non-hydrogen) atoms. The first kappa shape index (κ1) is 40.6. The number of phenols is 2. The summed E-state index contributed by atoms with van der Waals surface area (Å²) in [5.41, 5.74) is 3.78. The smallest absolute Gasteiger partial charge is 0.466 e. The van der Waals surface area contributed by atoms with Crippen LogP contribution in [0.1, 0.15) is 143 Å². The van der Waals surface area contributed by atoms with E-state index in [9.17, 15) is 15.0 Å². The van der Waals surface area contributed by atoms with E-state index in [1.54, 1.807) is 0 Å². The third-order valence-corrected chi connectivity index (χ3v) is 8.27. The molecular weight excluding hydrogens is 591 g/mol. The fourth-order valence-corrected chi connectivity index (χ4v) is 5.41. The largest absolute Gasteiger partial charge is 0.507 e. The van der Waals surface area contributed by atoms with Crippen LogP contribution in [0.4, 0.5) is 0 Å². The Bertz CT molecular complexity index is 1290. The third kappa shape index (κ3) is 11.4. The quantitative estimate of drug-likeness (QED) is 0.148. The Hall–Kier alpha value is -2.38. The van der Waals surface area contributed by atoms with Crippen molar-refractivity contribution in [3.63, 3.8) is 0 Å². The minimum atomic E-state index is -4.64. The van der Waals surface area contributed by atoms with Crippen LogP contribution in [0.25, 0.3) is 0 Å². The predicted octanol–water partition coefficient (Wildman–Crippen LogP) is 8.45. The van der Waals surface area contributed by atoms with Crippen LogP contribution in [0.5, 0.6) is 11.5 Å². The van der Waals surface area contributed by atoms with E-state index >= 15 is 0 Å². The van der Waals surface area contributed by atoms with Gasteiger partial charge in [0.05, 0.1) is 5.41 Å². The zero-order chi connectivity index (χ0) is 35.6. The summed E-state index contributed by atoms with van der Waals surface area (Å²) < 4.78 is 15.0. The predicted molar refractivity (Wildman–Crippen MR) is 182 cm³/mol. The molecule has 0 aliphatic rings. The Labute approximate surface area is 271 Å². The zero-order valence-electron chi connectivity index (χ0n) is 30.0. The van der Waals surface area contributed by atoms with Crippen LogP contribution >= 0.6 is 7.82 Å². The van der Waals surface area contributed by atoms with Crippen molar-refractivity contribution in [2.24, 2.45) is 5.41 Å². The third-order valence-electron chi connectivity index (χ3n) is 8.27. The van der Waals surface area contributed by atoms with Crippen LogP contribution in [-0.2, 0) is 48.8 Å². The topological polar surface area (TPSA) is 145 Å². The number of phenolic OH excluding ortho intramolecular Hbond substituents is 2. The highest BCUT2D eigenvalue weighted by Gasteiger charge is 2.38. The minimum absolute atomic E-state index is 0.156. The number of esters is 1.